The molecule has 6 aromatic rings. The van der Waals surface area contributed by atoms with Crippen molar-refractivity contribution in [2.75, 3.05) is 5.32 Å². The number of hydrogen-bond acceptors (Lipinski definition) is 6. The first kappa shape index (κ1) is 23.2. The van der Waals surface area contributed by atoms with Crippen LogP contribution in [0.3, 0.4) is 0 Å². The van der Waals surface area contributed by atoms with E-state index in [4.69, 9.17) is 9.97 Å². The van der Waals surface area contributed by atoms with Crippen LogP contribution in [0.1, 0.15) is 25.7 Å². The summed E-state index contributed by atoms with van der Waals surface area (Å²) in [7, 11) is 0. The van der Waals surface area contributed by atoms with Gasteiger partial charge < -0.3 is 10.3 Å². The van der Waals surface area contributed by atoms with Gasteiger partial charge in [0, 0.05) is 29.4 Å². The lowest BCUT2D eigenvalue weighted by molar-refractivity contribution is -0.119. The number of nitrogens with zero attached hydrogens (tertiary/aromatic N) is 5. The van der Waals surface area contributed by atoms with Crippen LogP contribution in [0, 0.1) is 11.7 Å². The summed E-state index contributed by atoms with van der Waals surface area (Å²) in [4.78, 5) is 34.3. The number of nitrogens with one attached hydrogen (secondary N) is 3. The van der Waals surface area contributed by atoms with Gasteiger partial charge in [0.15, 0.2) is 11.5 Å². The Labute approximate surface area is 222 Å². The smallest absolute Gasteiger partial charge is 0.227 e. The van der Waals surface area contributed by atoms with Gasteiger partial charge in [-0.1, -0.05) is 25.0 Å². The highest BCUT2D eigenvalue weighted by atomic mass is 19.1. The normalized spacial score (nSPS) is 13.9. The topological polar surface area (TPSA) is 125 Å². The summed E-state index contributed by atoms with van der Waals surface area (Å²) >= 11 is 0. The minimum Gasteiger partial charge on any atom is -0.335 e. The molecule has 7 rings (SSSR count). The van der Waals surface area contributed by atoms with Gasteiger partial charge in [0.05, 0.1) is 40.3 Å². The number of pyridine rings is 3. The second-order valence-electron chi connectivity index (χ2n) is 9.77. The lowest BCUT2D eigenvalue weighted by Gasteiger charge is -2.11. The van der Waals surface area contributed by atoms with Gasteiger partial charge in [-0.3, -0.25) is 19.9 Å². The Morgan fingerprint density at radius 2 is 1.69 bits per heavy atom. The van der Waals surface area contributed by atoms with E-state index in [-0.39, 0.29) is 17.6 Å². The molecule has 0 aliphatic heterocycles. The average molecular weight is 519 g/mol. The SMILES string of the molecule is O=C(Nc1cncc(-c2ccc3[nH]nc(-c4nc5c(-c6ccc(F)cc6)cncc5[nH]4)c3n2)c1)C1CCCC1. The van der Waals surface area contributed by atoms with Gasteiger partial charge in [0.25, 0.3) is 0 Å². The van der Waals surface area contributed by atoms with Crippen LogP contribution in [-0.4, -0.2) is 41.0 Å². The van der Waals surface area contributed by atoms with Gasteiger partial charge in [-0.05, 0) is 48.7 Å². The fourth-order valence-electron chi connectivity index (χ4n) is 5.19. The monoisotopic (exact) mass is 518 g/mol. The molecule has 0 unspecified atom stereocenters. The quantitative estimate of drug-likeness (QED) is 0.261. The lowest BCUT2D eigenvalue weighted by atomic mass is 10.1. The van der Waals surface area contributed by atoms with Crippen LogP contribution in [0.2, 0.25) is 0 Å². The van der Waals surface area contributed by atoms with Crippen molar-refractivity contribution in [2.45, 2.75) is 25.7 Å². The maximum atomic E-state index is 13.5. The number of benzene rings is 1. The van der Waals surface area contributed by atoms with Crippen molar-refractivity contribution in [1.29, 1.82) is 0 Å². The number of amides is 1. The largest absolute Gasteiger partial charge is 0.335 e. The summed E-state index contributed by atoms with van der Waals surface area (Å²) in [5.74, 6) is 0.349. The van der Waals surface area contributed by atoms with Gasteiger partial charge in [-0.15, -0.1) is 0 Å². The molecule has 9 nitrogen and oxygen atoms in total. The number of halogens is 1. The molecule has 1 aliphatic carbocycles. The number of carbonyl (C=O) groups is 1. The maximum absolute atomic E-state index is 13.5. The van der Waals surface area contributed by atoms with E-state index < -0.39 is 0 Å². The Balaban J connectivity index is 1.24. The van der Waals surface area contributed by atoms with Crippen molar-refractivity contribution in [3.8, 4) is 33.9 Å². The third kappa shape index (κ3) is 4.29. The number of carbonyl (C=O) groups excluding carboxylic acids is 1. The first-order valence-corrected chi connectivity index (χ1v) is 12.8. The molecule has 1 aromatic carbocycles. The Bertz CT molecular complexity index is 1840. The number of aromatic nitrogens is 7. The number of hydrogen-bond donors (Lipinski definition) is 3. The number of fused-ring (bicyclic) bond motifs is 2. The third-order valence-electron chi connectivity index (χ3n) is 7.21. The summed E-state index contributed by atoms with van der Waals surface area (Å²) in [6, 6.07) is 11.9. The van der Waals surface area contributed by atoms with Gasteiger partial charge in [-0.25, -0.2) is 14.4 Å². The molecule has 5 heterocycles. The third-order valence-corrected chi connectivity index (χ3v) is 7.21. The predicted octanol–water partition coefficient (Wildman–Crippen LogP) is 5.89. The number of rotatable bonds is 5. The van der Waals surface area contributed by atoms with Gasteiger partial charge >= 0.3 is 0 Å². The van der Waals surface area contributed by atoms with Crippen LogP contribution < -0.4 is 5.32 Å². The Kier molecular flexibility index (Phi) is 5.58. The van der Waals surface area contributed by atoms with Crippen molar-refractivity contribution in [3.05, 3.63) is 73.1 Å². The minimum atomic E-state index is -0.302. The second-order valence-corrected chi connectivity index (χ2v) is 9.77. The Morgan fingerprint density at radius 1 is 0.872 bits per heavy atom. The van der Waals surface area contributed by atoms with E-state index in [9.17, 15) is 9.18 Å². The molecule has 1 aliphatic rings. The summed E-state index contributed by atoms with van der Waals surface area (Å²) < 4.78 is 13.5. The molecule has 5 aromatic heterocycles. The fraction of sp³-hybridized carbons (Fsp3) is 0.172. The molecule has 192 valence electrons. The van der Waals surface area contributed by atoms with E-state index in [0.29, 0.717) is 33.9 Å². The van der Waals surface area contributed by atoms with Crippen molar-refractivity contribution in [3.63, 3.8) is 0 Å². The lowest BCUT2D eigenvalue weighted by Crippen LogP contribution is -2.20. The maximum Gasteiger partial charge on any atom is 0.227 e. The molecule has 1 fully saturated rings. The number of imidazole rings is 1. The first-order chi connectivity index (χ1) is 19.1. The number of aromatic amines is 2. The second kappa shape index (κ2) is 9.39. The summed E-state index contributed by atoms with van der Waals surface area (Å²) in [5, 5.41) is 10.5. The average Bonchev–Trinajstić information content (AvgIpc) is 3.73. The molecule has 1 amide bonds. The zero-order valence-corrected chi connectivity index (χ0v) is 20.8. The van der Waals surface area contributed by atoms with Crippen LogP contribution in [-0.2, 0) is 4.79 Å². The number of anilines is 1. The zero-order valence-electron chi connectivity index (χ0n) is 20.8. The summed E-state index contributed by atoms with van der Waals surface area (Å²) in [5.41, 5.74) is 7.11. The first-order valence-electron chi connectivity index (χ1n) is 12.8. The molecule has 1 saturated carbocycles. The molecule has 0 atom stereocenters. The van der Waals surface area contributed by atoms with Crippen molar-refractivity contribution in [1.82, 2.24) is 35.1 Å². The minimum absolute atomic E-state index is 0.0476. The Hall–Kier alpha value is -4.99. The molecule has 0 radical (unpaired) electrons. The molecular weight excluding hydrogens is 495 g/mol. The summed E-state index contributed by atoms with van der Waals surface area (Å²) in [6.45, 7) is 0. The van der Waals surface area contributed by atoms with Crippen LogP contribution in [0.15, 0.2) is 67.3 Å². The predicted molar refractivity (Wildman–Crippen MR) is 146 cm³/mol. The fourth-order valence-corrected chi connectivity index (χ4v) is 5.19. The molecule has 10 heteroatoms. The molecule has 0 bridgehead atoms. The van der Waals surface area contributed by atoms with E-state index in [1.165, 1.54) is 12.1 Å². The molecule has 0 saturated heterocycles. The van der Waals surface area contributed by atoms with Crippen LogP contribution in [0.4, 0.5) is 10.1 Å². The highest BCUT2D eigenvalue weighted by Crippen LogP contribution is 2.32. The summed E-state index contributed by atoms with van der Waals surface area (Å²) in [6.07, 6.45) is 10.9. The molecule has 3 N–H and O–H groups in total. The van der Waals surface area contributed by atoms with Crippen LogP contribution in [0.25, 0.3) is 56.0 Å². The highest BCUT2D eigenvalue weighted by Gasteiger charge is 2.23. The molecule has 39 heavy (non-hydrogen) atoms. The van der Waals surface area contributed by atoms with Gasteiger partial charge in [-0.2, -0.15) is 5.10 Å². The highest BCUT2D eigenvalue weighted by molar-refractivity contribution is 5.96. The van der Waals surface area contributed by atoms with Gasteiger partial charge in [0.2, 0.25) is 5.91 Å². The van der Waals surface area contributed by atoms with Gasteiger partial charge in [0.1, 0.15) is 11.3 Å². The zero-order chi connectivity index (χ0) is 26.3. The molecule has 0 spiro atoms. The van der Waals surface area contributed by atoms with Crippen molar-refractivity contribution < 1.29 is 9.18 Å². The van der Waals surface area contributed by atoms with E-state index in [0.717, 1.165) is 53.4 Å². The van der Waals surface area contributed by atoms with Crippen molar-refractivity contribution in [2.24, 2.45) is 5.92 Å². The van der Waals surface area contributed by atoms with E-state index in [1.807, 2.05) is 18.2 Å². The van der Waals surface area contributed by atoms with E-state index in [2.05, 4.69) is 30.5 Å². The van der Waals surface area contributed by atoms with Crippen molar-refractivity contribution >= 4 is 33.7 Å². The standard InChI is InChI=1S/C29H23FN8O/c30-19-7-5-16(6-8-19)21-14-32-15-24-25(21)36-28(35-24)27-26-23(37-38-27)10-9-22(34-26)18-11-20(13-31-12-18)33-29(39)17-3-1-2-4-17/h5-15,17H,1-4H2,(H,33,39)(H,35,36)(H,37,38). The van der Waals surface area contributed by atoms with E-state index >= 15 is 0 Å². The number of H-pyrrole nitrogens is 2. The Morgan fingerprint density at radius 3 is 2.54 bits per heavy atom. The van der Waals surface area contributed by atoms with Crippen LogP contribution in [0.5, 0.6) is 0 Å². The van der Waals surface area contributed by atoms with E-state index in [1.54, 1.807) is 36.9 Å². The molecular formula is C29H23FN8O. The van der Waals surface area contributed by atoms with Crippen LogP contribution >= 0.6 is 0 Å².